The Balaban J connectivity index is 1.60. The Morgan fingerprint density at radius 3 is 2.07 bits per heavy atom. The van der Waals surface area contributed by atoms with Gasteiger partial charge in [0.1, 0.15) is 0 Å². The molecule has 30 heavy (non-hydrogen) atoms. The fourth-order valence-electron chi connectivity index (χ4n) is 2.89. The van der Waals surface area contributed by atoms with Crippen LogP contribution in [0.2, 0.25) is 0 Å². The molecule has 0 spiro atoms. The average molecular weight is 402 g/mol. The van der Waals surface area contributed by atoms with Gasteiger partial charge in [0.05, 0.1) is 12.1 Å². The molecule has 6 heteroatoms. The molecule has 3 rings (SSSR count). The van der Waals surface area contributed by atoms with E-state index in [1.165, 1.54) is 0 Å². The van der Waals surface area contributed by atoms with E-state index in [0.717, 1.165) is 22.6 Å². The van der Waals surface area contributed by atoms with Gasteiger partial charge in [-0.1, -0.05) is 29.8 Å². The van der Waals surface area contributed by atoms with E-state index in [1.807, 2.05) is 80.5 Å². The quantitative estimate of drug-likeness (QED) is 0.549. The summed E-state index contributed by atoms with van der Waals surface area (Å²) >= 11 is 0. The van der Waals surface area contributed by atoms with Crippen LogP contribution in [0.4, 0.5) is 22.7 Å². The Hall–Kier alpha value is -3.80. The van der Waals surface area contributed by atoms with Crippen molar-refractivity contribution in [2.45, 2.75) is 6.92 Å². The lowest BCUT2D eigenvalue weighted by Crippen LogP contribution is -2.23. The monoisotopic (exact) mass is 402 g/mol. The molecule has 3 aromatic carbocycles. The lowest BCUT2D eigenvalue weighted by Gasteiger charge is -2.14. The first-order valence-electron chi connectivity index (χ1n) is 9.70. The van der Waals surface area contributed by atoms with E-state index in [0.29, 0.717) is 11.3 Å². The molecule has 0 saturated carbocycles. The van der Waals surface area contributed by atoms with Crippen molar-refractivity contribution in [1.29, 1.82) is 0 Å². The van der Waals surface area contributed by atoms with Crippen molar-refractivity contribution < 1.29 is 9.59 Å². The minimum absolute atomic E-state index is 0.0459. The number of carbonyl (C=O) groups is 2. The Kier molecular flexibility index (Phi) is 6.70. The molecule has 0 saturated heterocycles. The summed E-state index contributed by atoms with van der Waals surface area (Å²) in [5.74, 6) is -0.428. The van der Waals surface area contributed by atoms with E-state index in [-0.39, 0.29) is 18.4 Å². The zero-order valence-corrected chi connectivity index (χ0v) is 17.4. The molecule has 0 bridgehead atoms. The number of hydrogen-bond acceptors (Lipinski definition) is 4. The molecule has 3 N–H and O–H groups in total. The van der Waals surface area contributed by atoms with Crippen LogP contribution >= 0.6 is 0 Å². The molecule has 0 aliphatic rings. The van der Waals surface area contributed by atoms with Crippen molar-refractivity contribution in [3.05, 3.63) is 83.9 Å². The van der Waals surface area contributed by atoms with E-state index < -0.39 is 0 Å². The van der Waals surface area contributed by atoms with Crippen molar-refractivity contribution in [3.63, 3.8) is 0 Å². The third-order valence-electron chi connectivity index (χ3n) is 4.59. The molecule has 154 valence electrons. The van der Waals surface area contributed by atoms with Gasteiger partial charge in [0.15, 0.2) is 0 Å². The number of nitrogens with one attached hydrogen (secondary N) is 3. The first-order chi connectivity index (χ1) is 14.4. The maximum Gasteiger partial charge on any atom is 0.257 e. The van der Waals surface area contributed by atoms with Crippen LogP contribution in [-0.4, -0.2) is 32.5 Å². The predicted octanol–water partition coefficient (Wildman–Crippen LogP) is 4.36. The Bertz CT molecular complexity index is 1010. The highest BCUT2D eigenvalue weighted by Crippen LogP contribution is 2.18. The van der Waals surface area contributed by atoms with Crippen LogP contribution in [0.25, 0.3) is 0 Å². The van der Waals surface area contributed by atoms with E-state index in [9.17, 15) is 9.59 Å². The molecule has 0 fully saturated rings. The highest BCUT2D eigenvalue weighted by atomic mass is 16.2. The smallest absolute Gasteiger partial charge is 0.257 e. The molecule has 0 heterocycles. The number of rotatable bonds is 7. The van der Waals surface area contributed by atoms with Crippen molar-refractivity contribution >= 4 is 34.6 Å². The summed E-state index contributed by atoms with van der Waals surface area (Å²) in [5.41, 5.74) is 4.69. The number of nitrogens with zero attached hydrogens (tertiary/aromatic N) is 1. The fraction of sp³-hybridized carbons (Fsp3) is 0.167. The van der Waals surface area contributed by atoms with Gasteiger partial charge in [-0.25, -0.2) is 0 Å². The maximum absolute atomic E-state index is 12.7. The normalized spacial score (nSPS) is 10.2. The molecule has 0 atom stereocenters. The van der Waals surface area contributed by atoms with Crippen molar-refractivity contribution in [2.75, 3.05) is 41.5 Å². The summed E-state index contributed by atoms with van der Waals surface area (Å²) in [7, 11) is 3.92. The molecular weight excluding hydrogens is 376 g/mol. The summed E-state index contributed by atoms with van der Waals surface area (Å²) in [6.45, 7) is 2.04. The van der Waals surface area contributed by atoms with E-state index in [4.69, 9.17) is 0 Å². The van der Waals surface area contributed by atoms with Crippen LogP contribution in [0.3, 0.4) is 0 Å². The van der Waals surface area contributed by atoms with Crippen LogP contribution in [-0.2, 0) is 4.79 Å². The zero-order chi connectivity index (χ0) is 21.5. The van der Waals surface area contributed by atoms with Crippen molar-refractivity contribution in [3.8, 4) is 0 Å². The summed E-state index contributed by atoms with van der Waals surface area (Å²) in [6.07, 6.45) is 0. The molecule has 2 amide bonds. The molecule has 0 aromatic heterocycles. The Labute approximate surface area is 176 Å². The molecule has 0 aliphatic heterocycles. The van der Waals surface area contributed by atoms with Crippen molar-refractivity contribution in [2.24, 2.45) is 0 Å². The fourth-order valence-corrected chi connectivity index (χ4v) is 2.89. The van der Waals surface area contributed by atoms with Crippen molar-refractivity contribution in [1.82, 2.24) is 0 Å². The SMILES string of the molecule is Cc1ccc(NC(=O)c2ccccc2NCC(=O)Nc2ccc(N(C)C)cc2)cc1. The zero-order valence-electron chi connectivity index (χ0n) is 17.4. The summed E-state index contributed by atoms with van der Waals surface area (Å²) in [6, 6.07) is 22.3. The van der Waals surface area contributed by atoms with E-state index >= 15 is 0 Å². The number of amides is 2. The van der Waals surface area contributed by atoms with Gasteiger partial charge >= 0.3 is 0 Å². The van der Waals surface area contributed by atoms with Gasteiger partial charge in [-0.05, 0) is 55.5 Å². The van der Waals surface area contributed by atoms with Crippen LogP contribution in [0.5, 0.6) is 0 Å². The first-order valence-corrected chi connectivity index (χ1v) is 9.70. The minimum atomic E-state index is -0.235. The third-order valence-corrected chi connectivity index (χ3v) is 4.59. The standard InChI is InChI=1S/C24H26N4O2/c1-17-8-10-19(11-9-17)27-24(30)21-6-4-5-7-22(21)25-16-23(29)26-18-12-14-20(15-13-18)28(2)3/h4-15,25H,16H2,1-3H3,(H,26,29)(H,27,30). The first kappa shape index (κ1) is 20.9. The van der Waals surface area contributed by atoms with Gasteiger partial charge in [0, 0.05) is 36.8 Å². The lowest BCUT2D eigenvalue weighted by molar-refractivity contribution is -0.114. The Morgan fingerprint density at radius 2 is 1.40 bits per heavy atom. The van der Waals surface area contributed by atoms with Crippen LogP contribution in [0, 0.1) is 6.92 Å². The topological polar surface area (TPSA) is 73.5 Å². The van der Waals surface area contributed by atoms with Crippen LogP contribution < -0.4 is 20.9 Å². The molecule has 6 nitrogen and oxygen atoms in total. The number of anilines is 4. The number of hydrogen-bond donors (Lipinski definition) is 3. The van der Waals surface area contributed by atoms with Gasteiger partial charge in [-0.2, -0.15) is 0 Å². The van der Waals surface area contributed by atoms with Gasteiger partial charge in [0.25, 0.3) is 5.91 Å². The number of para-hydroxylation sites is 1. The maximum atomic E-state index is 12.7. The Morgan fingerprint density at radius 1 is 0.800 bits per heavy atom. The summed E-state index contributed by atoms with van der Waals surface area (Å²) in [5, 5.41) is 8.79. The second kappa shape index (κ2) is 9.60. The highest BCUT2D eigenvalue weighted by molar-refractivity contribution is 6.08. The van der Waals surface area contributed by atoms with E-state index in [1.54, 1.807) is 18.2 Å². The third kappa shape index (κ3) is 5.61. The molecule has 0 unspecified atom stereocenters. The largest absolute Gasteiger partial charge is 0.378 e. The van der Waals surface area contributed by atoms with Crippen LogP contribution in [0.15, 0.2) is 72.8 Å². The summed E-state index contributed by atoms with van der Waals surface area (Å²) in [4.78, 5) is 27.0. The molecule has 3 aromatic rings. The van der Waals surface area contributed by atoms with Gasteiger partial charge < -0.3 is 20.9 Å². The number of aryl methyl sites for hydroxylation is 1. The van der Waals surface area contributed by atoms with Crippen LogP contribution in [0.1, 0.15) is 15.9 Å². The van der Waals surface area contributed by atoms with Gasteiger partial charge in [0.2, 0.25) is 5.91 Å². The van der Waals surface area contributed by atoms with Gasteiger partial charge in [-0.15, -0.1) is 0 Å². The van der Waals surface area contributed by atoms with Gasteiger partial charge in [-0.3, -0.25) is 9.59 Å². The second-order valence-electron chi connectivity index (χ2n) is 7.21. The predicted molar refractivity (Wildman–Crippen MR) is 123 cm³/mol. The molecule has 0 aliphatic carbocycles. The molecular formula is C24H26N4O2. The highest BCUT2D eigenvalue weighted by Gasteiger charge is 2.12. The number of benzene rings is 3. The summed E-state index contributed by atoms with van der Waals surface area (Å²) < 4.78 is 0. The molecule has 0 radical (unpaired) electrons. The average Bonchev–Trinajstić information content (AvgIpc) is 2.74. The van der Waals surface area contributed by atoms with E-state index in [2.05, 4.69) is 16.0 Å². The second-order valence-corrected chi connectivity index (χ2v) is 7.21. The lowest BCUT2D eigenvalue weighted by atomic mass is 10.1. The minimum Gasteiger partial charge on any atom is -0.378 e. The number of carbonyl (C=O) groups excluding carboxylic acids is 2.